The second kappa shape index (κ2) is 28.3. The Labute approximate surface area is 556 Å². The van der Waals surface area contributed by atoms with Gasteiger partial charge in [-0.15, -0.1) is 0 Å². The van der Waals surface area contributed by atoms with E-state index < -0.39 is 238 Å². The minimum absolute atomic E-state index is 0.0578. The Bertz CT molecular complexity index is 2700. The van der Waals surface area contributed by atoms with E-state index in [1.807, 2.05) is 6.92 Å². The van der Waals surface area contributed by atoms with Gasteiger partial charge in [-0.25, -0.2) is 0 Å². The Morgan fingerprint density at radius 3 is 1.68 bits per heavy atom. The monoisotopic (exact) mass is 1380 g/mol. The van der Waals surface area contributed by atoms with Gasteiger partial charge in [0.15, 0.2) is 31.5 Å². The second-order valence-corrected chi connectivity index (χ2v) is 31.3. The topological polar surface area (TPSA) is 492 Å². The van der Waals surface area contributed by atoms with E-state index in [1.165, 1.54) is 13.8 Å². The Kier molecular flexibility index (Phi) is 22.1. The number of aliphatic hydroxyl groups excluding tert-OH is 18. The number of ether oxygens (including phenoxy) is 12. The Morgan fingerprint density at radius 2 is 1.03 bits per heavy atom. The molecule has 0 bridgehead atoms. The highest BCUT2D eigenvalue weighted by Gasteiger charge is 2.71. The summed E-state index contributed by atoms with van der Waals surface area (Å²) in [6.45, 7) is 13.2. The highest BCUT2D eigenvalue weighted by molar-refractivity contribution is 5.79. The molecule has 0 aromatic heterocycles. The zero-order chi connectivity index (χ0) is 70.0. The van der Waals surface area contributed by atoms with E-state index in [0.717, 1.165) is 12.0 Å². The summed E-state index contributed by atoms with van der Waals surface area (Å²) in [7, 11) is 0. The van der Waals surface area contributed by atoms with E-state index in [4.69, 9.17) is 56.8 Å². The van der Waals surface area contributed by atoms with Crippen LogP contribution in [-0.4, -0.2) is 315 Å². The van der Waals surface area contributed by atoms with E-state index in [-0.39, 0.29) is 35.2 Å². The van der Waals surface area contributed by atoms with Crippen molar-refractivity contribution in [2.24, 2.45) is 50.2 Å². The molecule has 0 aromatic rings. The van der Waals surface area contributed by atoms with Crippen LogP contribution in [0.5, 0.6) is 0 Å². The molecule has 0 spiro atoms. The van der Waals surface area contributed by atoms with Gasteiger partial charge in [-0.1, -0.05) is 53.2 Å². The fraction of sp³-hybridized carbons (Fsp3) is 0.954. The SMILES string of the molecule is C[C@H]1O[C@@H](O[C@H]2[C@H](OC3CCC4(C)C(CCC5(C)C4CC=C4C6CC(C)(C)CCC6(C(=O)O[C@@H]6O[C@H](CO[C@@H]7O[C@H](CO)[C@@H](O)[C@@H](O)[C@H]7O)[C@@H](O)[C@@H](O)[C@H]6O)CCC45C)C3(C)CO)OC[C@@H](O)[C@H]2O)[C@H](O)[C@H](O[C@@H]2O[C@H](CO)[C@@H](O)[C@@H](O[C@@H]3O[C@H](C)[C@@H](O)[C@@H](O)[C@H]3O)[C@H]2O)[C@H]1O. The summed E-state index contributed by atoms with van der Waals surface area (Å²) >= 11 is 0. The van der Waals surface area contributed by atoms with Crippen LogP contribution in [0.3, 0.4) is 0 Å². The Morgan fingerprint density at radius 1 is 0.500 bits per heavy atom. The molecule has 0 radical (unpaired) electrons. The molecule has 18 N–H and O–H groups in total. The number of fused-ring (bicyclic) bond motifs is 7. The minimum Gasteiger partial charge on any atom is -0.432 e. The molecule has 38 atom stereocenters. The largest absolute Gasteiger partial charge is 0.432 e. The van der Waals surface area contributed by atoms with Gasteiger partial charge in [0.1, 0.15) is 128 Å². The van der Waals surface area contributed by atoms with Gasteiger partial charge in [0.25, 0.3) is 0 Å². The lowest BCUT2D eigenvalue weighted by molar-refractivity contribution is -0.391. The van der Waals surface area contributed by atoms with Gasteiger partial charge >= 0.3 is 5.97 Å². The van der Waals surface area contributed by atoms with E-state index in [0.29, 0.717) is 57.8 Å². The fourth-order valence-corrected chi connectivity index (χ4v) is 19.0. The van der Waals surface area contributed by atoms with Crippen molar-refractivity contribution in [1.82, 2.24) is 0 Å². The number of carbonyl (C=O) groups excluding carboxylic acids is 1. The van der Waals surface area contributed by atoms with E-state index in [1.54, 1.807) is 0 Å². The lowest BCUT2D eigenvalue weighted by Gasteiger charge is -2.71. The molecule has 6 heterocycles. The fourth-order valence-electron chi connectivity index (χ4n) is 19.0. The van der Waals surface area contributed by atoms with Crippen LogP contribution in [-0.2, 0) is 61.6 Å². The third kappa shape index (κ3) is 12.8. The molecule has 11 rings (SSSR count). The molecule has 5 aliphatic carbocycles. The first-order valence-corrected chi connectivity index (χ1v) is 34.1. The lowest BCUT2D eigenvalue weighted by atomic mass is 9.33. The average Bonchev–Trinajstić information content (AvgIpc) is 0.675. The molecule has 31 heteroatoms. The molecule has 0 aromatic carbocycles. The number of hydrogen-bond donors (Lipinski definition) is 18. The first kappa shape index (κ1) is 75.2. The van der Waals surface area contributed by atoms with Crippen molar-refractivity contribution in [3.05, 3.63) is 11.6 Å². The van der Waals surface area contributed by atoms with E-state index in [2.05, 4.69) is 40.7 Å². The molecule has 11 aliphatic rings. The maximum absolute atomic E-state index is 15.2. The summed E-state index contributed by atoms with van der Waals surface area (Å²) in [6, 6.07) is 0. The smallest absolute Gasteiger partial charge is 0.315 e. The molecule has 4 saturated carbocycles. The highest BCUT2D eigenvalue weighted by Crippen LogP contribution is 2.76. The highest BCUT2D eigenvalue weighted by atomic mass is 16.8. The van der Waals surface area contributed by atoms with Crippen molar-refractivity contribution in [3.63, 3.8) is 0 Å². The Hall–Kier alpha value is -1.95. The van der Waals surface area contributed by atoms with Gasteiger partial charge in [0.05, 0.1) is 56.8 Å². The first-order chi connectivity index (χ1) is 45.1. The minimum atomic E-state index is -1.99. The number of hydrogen-bond acceptors (Lipinski definition) is 31. The summed E-state index contributed by atoms with van der Waals surface area (Å²) in [6.07, 6.45) is -40.9. The number of rotatable bonds is 16. The molecule has 31 nitrogen and oxygen atoms in total. The van der Waals surface area contributed by atoms with E-state index in [9.17, 15) is 91.9 Å². The predicted molar refractivity (Wildman–Crippen MR) is 321 cm³/mol. The van der Waals surface area contributed by atoms with Crippen LogP contribution >= 0.6 is 0 Å². The molecule has 10 fully saturated rings. The summed E-state index contributed by atoms with van der Waals surface area (Å²) < 4.78 is 71.5. The molecular weight excluding hydrogens is 1280 g/mol. The van der Waals surface area contributed by atoms with Crippen LogP contribution in [0.25, 0.3) is 0 Å². The van der Waals surface area contributed by atoms with Crippen molar-refractivity contribution >= 4 is 5.97 Å². The number of carbonyl (C=O) groups is 1. The van der Waals surface area contributed by atoms with Gasteiger partial charge < -0.3 is 149 Å². The van der Waals surface area contributed by atoms with Crippen molar-refractivity contribution in [2.45, 2.75) is 304 Å². The van der Waals surface area contributed by atoms with Crippen LogP contribution in [0.2, 0.25) is 0 Å². The summed E-state index contributed by atoms with van der Waals surface area (Å²) in [4.78, 5) is 15.2. The van der Waals surface area contributed by atoms with Crippen LogP contribution in [0.15, 0.2) is 11.6 Å². The van der Waals surface area contributed by atoms with Crippen molar-refractivity contribution in [3.8, 4) is 0 Å². The van der Waals surface area contributed by atoms with Gasteiger partial charge in [0, 0.05) is 5.41 Å². The number of esters is 1. The summed E-state index contributed by atoms with van der Waals surface area (Å²) in [5, 5.41) is 197. The third-order valence-corrected chi connectivity index (χ3v) is 25.3. The second-order valence-electron chi connectivity index (χ2n) is 31.3. The average molecular weight is 1380 g/mol. The lowest BCUT2D eigenvalue weighted by Crippen LogP contribution is -2.67. The van der Waals surface area contributed by atoms with Crippen molar-refractivity contribution in [2.75, 3.05) is 33.0 Å². The molecule has 552 valence electrons. The number of allylic oxidation sites excluding steroid dienone is 2. The molecule has 6 saturated heterocycles. The van der Waals surface area contributed by atoms with Crippen LogP contribution in [0.4, 0.5) is 0 Å². The van der Waals surface area contributed by atoms with Crippen LogP contribution in [0.1, 0.15) is 120 Å². The van der Waals surface area contributed by atoms with Gasteiger partial charge in [-0.2, -0.15) is 0 Å². The Balaban J connectivity index is 0.781. The quantitative estimate of drug-likeness (QED) is 0.0392. The first-order valence-electron chi connectivity index (χ1n) is 34.1. The number of aliphatic hydroxyl groups is 18. The van der Waals surface area contributed by atoms with Gasteiger partial charge in [-0.3, -0.25) is 4.79 Å². The summed E-state index contributed by atoms with van der Waals surface area (Å²) in [5.41, 5.74) is -2.27. The molecule has 0 amide bonds. The van der Waals surface area contributed by atoms with Gasteiger partial charge in [-0.05, 0) is 117 Å². The molecule has 6 aliphatic heterocycles. The third-order valence-electron chi connectivity index (χ3n) is 25.3. The summed E-state index contributed by atoms with van der Waals surface area (Å²) in [5.74, 6) is -1.03. The van der Waals surface area contributed by atoms with Gasteiger partial charge in [0.2, 0.25) is 6.29 Å². The molecule has 96 heavy (non-hydrogen) atoms. The standard InChI is InChI=1S/C65H106O31/c1-25-36(70)42(76)46(80)54(87-25)94-51-41(75)31(21-67)90-57(49(51)83)93-50-37(71)26(2)88-56(48(50)82)95-52-38(72)29(69)22-85-58(52)92-35-12-13-61(5)33(62(35,6)24-68)11-14-64(8)34(61)10-9-27-28-19-60(3,4)15-17-65(28,18-16-63(27,64)7)59(84)96-55-47(81)44(78)40(74)32(91-55)23-86-53-45(79)43(77)39(73)30(20-66)89-53/h9,25-26,28-58,66-83H,10-24H2,1-8H3/t25-,26-,28?,29-,30-,31-,32-,33?,34?,35?,36-,37+,38-,39-,40-,41-,42-,43-,44-,45-,46-,47-,48-,49-,50-,51-,52-,53-,54+,55+,56+,57+,58+,61?,62?,63?,64?,65?/m1/s1. The predicted octanol–water partition coefficient (Wildman–Crippen LogP) is -4.72. The maximum atomic E-state index is 15.2. The maximum Gasteiger partial charge on any atom is 0.315 e. The van der Waals surface area contributed by atoms with Crippen molar-refractivity contribution < 1.29 is 154 Å². The molecular formula is C65H106O31. The zero-order valence-electron chi connectivity index (χ0n) is 55.6. The molecule has 9 unspecified atom stereocenters. The normalized spacial score (nSPS) is 55.1. The van der Waals surface area contributed by atoms with E-state index >= 15 is 4.79 Å². The van der Waals surface area contributed by atoms with Crippen molar-refractivity contribution in [1.29, 1.82) is 0 Å². The van der Waals surface area contributed by atoms with Crippen LogP contribution < -0.4 is 0 Å². The van der Waals surface area contributed by atoms with Crippen LogP contribution in [0, 0.1) is 50.2 Å². The zero-order valence-corrected chi connectivity index (χ0v) is 55.6.